The molecule has 2 amide bonds. The quantitative estimate of drug-likeness (QED) is 0.723. The Morgan fingerprint density at radius 1 is 1.16 bits per heavy atom. The molecule has 2 aromatic carbocycles. The van der Waals surface area contributed by atoms with Gasteiger partial charge < -0.3 is 19.9 Å². The molecule has 0 radical (unpaired) electrons. The van der Waals surface area contributed by atoms with E-state index in [1.54, 1.807) is 24.4 Å². The lowest BCUT2D eigenvalue weighted by molar-refractivity contribution is 0.262. The number of halogens is 1. The molecule has 2 N–H and O–H groups in total. The van der Waals surface area contributed by atoms with E-state index in [-0.39, 0.29) is 6.03 Å². The van der Waals surface area contributed by atoms with Gasteiger partial charge in [0.2, 0.25) is 0 Å². The minimum atomic E-state index is -0.382. The summed E-state index contributed by atoms with van der Waals surface area (Å²) in [6, 6.07) is 12.1. The highest BCUT2D eigenvalue weighted by atomic mass is 35.5. The molecule has 128 valence electrons. The van der Waals surface area contributed by atoms with Crippen LogP contribution in [0.25, 0.3) is 5.69 Å². The van der Waals surface area contributed by atoms with Crippen LogP contribution >= 0.6 is 11.6 Å². The fourth-order valence-corrected chi connectivity index (χ4v) is 2.59. The first-order chi connectivity index (χ1) is 12.1. The summed E-state index contributed by atoms with van der Waals surface area (Å²) in [6.07, 6.45) is 3.63. The average Bonchev–Trinajstić information content (AvgIpc) is 3.02. The Balaban J connectivity index is 1.69. The number of nitrogens with zero attached hydrogens (tertiary/aromatic N) is 2. The van der Waals surface area contributed by atoms with E-state index in [1.807, 2.05) is 42.0 Å². The molecule has 0 aliphatic carbocycles. The van der Waals surface area contributed by atoms with Gasteiger partial charge in [-0.1, -0.05) is 11.6 Å². The summed E-state index contributed by atoms with van der Waals surface area (Å²) >= 11 is 5.96. The van der Waals surface area contributed by atoms with Crippen LogP contribution < -0.4 is 15.4 Å². The number of methoxy groups -OCH3 is 1. The first-order valence-corrected chi connectivity index (χ1v) is 7.96. The van der Waals surface area contributed by atoms with Gasteiger partial charge in [0.1, 0.15) is 11.6 Å². The summed E-state index contributed by atoms with van der Waals surface area (Å²) in [7, 11) is 1.53. The normalized spacial score (nSPS) is 10.4. The van der Waals surface area contributed by atoms with Crippen molar-refractivity contribution < 1.29 is 9.53 Å². The minimum Gasteiger partial charge on any atom is -0.495 e. The summed E-state index contributed by atoms with van der Waals surface area (Å²) in [6.45, 7) is 1.93. The first kappa shape index (κ1) is 16.9. The van der Waals surface area contributed by atoms with Gasteiger partial charge >= 0.3 is 6.03 Å². The predicted octanol–water partition coefficient (Wildman–Crippen LogP) is 4.49. The van der Waals surface area contributed by atoms with Crippen LogP contribution in [0.2, 0.25) is 5.02 Å². The topological polar surface area (TPSA) is 68.2 Å². The van der Waals surface area contributed by atoms with Gasteiger partial charge in [0, 0.05) is 28.8 Å². The van der Waals surface area contributed by atoms with Gasteiger partial charge in [0.25, 0.3) is 0 Å². The molecule has 0 atom stereocenters. The molecule has 0 spiro atoms. The lowest BCUT2D eigenvalue weighted by Crippen LogP contribution is -2.19. The van der Waals surface area contributed by atoms with Crippen molar-refractivity contribution in [1.82, 2.24) is 9.55 Å². The van der Waals surface area contributed by atoms with Crippen LogP contribution in [0.4, 0.5) is 16.2 Å². The van der Waals surface area contributed by atoms with Crippen LogP contribution in [-0.4, -0.2) is 22.7 Å². The number of hydrogen-bond donors (Lipinski definition) is 2. The molecule has 0 saturated heterocycles. The Morgan fingerprint density at radius 3 is 2.56 bits per heavy atom. The molecule has 3 rings (SSSR count). The number of hydrogen-bond acceptors (Lipinski definition) is 3. The van der Waals surface area contributed by atoms with Crippen LogP contribution in [0.3, 0.4) is 0 Å². The van der Waals surface area contributed by atoms with Crippen LogP contribution in [0, 0.1) is 6.92 Å². The average molecular weight is 357 g/mol. The number of ether oxygens (including phenoxy) is 1. The summed E-state index contributed by atoms with van der Waals surface area (Å²) in [5.74, 6) is 1.43. The smallest absolute Gasteiger partial charge is 0.323 e. The van der Waals surface area contributed by atoms with Gasteiger partial charge in [-0.2, -0.15) is 0 Å². The van der Waals surface area contributed by atoms with Crippen LogP contribution in [-0.2, 0) is 0 Å². The maximum Gasteiger partial charge on any atom is 0.323 e. The van der Waals surface area contributed by atoms with E-state index in [2.05, 4.69) is 15.6 Å². The first-order valence-electron chi connectivity index (χ1n) is 7.59. The molecule has 0 bridgehead atoms. The zero-order valence-corrected chi connectivity index (χ0v) is 14.5. The van der Waals surface area contributed by atoms with Crippen molar-refractivity contribution in [3.8, 4) is 11.4 Å². The molecule has 0 unspecified atom stereocenters. The van der Waals surface area contributed by atoms with Crippen molar-refractivity contribution in [3.63, 3.8) is 0 Å². The highest BCUT2D eigenvalue weighted by Crippen LogP contribution is 2.27. The van der Waals surface area contributed by atoms with E-state index in [0.29, 0.717) is 22.1 Å². The van der Waals surface area contributed by atoms with Crippen LogP contribution in [0.15, 0.2) is 54.9 Å². The van der Waals surface area contributed by atoms with E-state index in [1.165, 1.54) is 7.11 Å². The SMILES string of the molecule is COc1ccc(Cl)cc1NC(=O)Nc1ccc(-n2ccnc2C)cc1. The molecule has 7 heteroatoms. The Hall–Kier alpha value is -2.99. The predicted molar refractivity (Wildman–Crippen MR) is 98.9 cm³/mol. The maximum atomic E-state index is 12.2. The standard InChI is InChI=1S/C18H17ClN4O2/c1-12-20-9-10-23(12)15-6-4-14(5-7-15)21-18(24)22-16-11-13(19)3-8-17(16)25-2/h3-11H,1-2H3,(H2,21,22,24). The van der Waals surface area contributed by atoms with Crippen LogP contribution in [0.5, 0.6) is 5.75 Å². The van der Waals surface area contributed by atoms with Crippen LogP contribution in [0.1, 0.15) is 5.82 Å². The molecule has 6 nitrogen and oxygen atoms in total. The number of aryl methyl sites for hydroxylation is 1. The van der Waals surface area contributed by atoms with E-state index in [4.69, 9.17) is 16.3 Å². The van der Waals surface area contributed by atoms with Gasteiger partial charge in [0.05, 0.1) is 12.8 Å². The van der Waals surface area contributed by atoms with E-state index >= 15 is 0 Å². The number of aromatic nitrogens is 2. The molecule has 0 aliphatic heterocycles. The fourth-order valence-electron chi connectivity index (χ4n) is 2.42. The van der Waals surface area contributed by atoms with Crippen molar-refractivity contribution in [2.24, 2.45) is 0 Å². The maximum absolute atomic E-state index is 12.2. The van der Waals surface area contributed by atoms with Gasteiger partial charge in [-0.15, -0.1) is 0 Å². The fraction of sp³-hybridized carbons (Fsp3) is 0.111. The molecule has 25 heavy (non-hydrogen) atoms. The molecule has 3 aromatic rings. The zero-order chi connectivity index (χ0) is 17.8. The molecule has 0 saturated carbocycles. The number of anilines is 2. The monoisotopic (exact) mass is 356 g/mol. The number of amides is 2. The van der Waals surface area contributed by atoms with E-state index < -0.39 is 0 Å². The zero-order valence-electron chi connectivity index (χ0n) is 13.8. The van der Waals surface area contributed by atoms with E-state index in [0.717, 1.165) is 11.5 Å². The Morgan fingerprint density at radius 2 is 1.92 bits per heavy atom. The Labute approximate surface area is 150 Å². The molecular weight excluding hydrogens is 340 g/mol. The number of carbonyl (C=O) groups excluding carboxylic acids is 1. The van der Waals surface area contributed by atoms with E-state index in [9.17, 15) is 4.79 Å². The Bertz CT molecular complexity index is 890. The summed E-state index contributed by atoms with van der Waals surface area (Å²) < 4.78 is 7.17. The molecule has 1 heterocycles. The van der Waals surface area contributed by atoms with Crippen molar-refractivity contribution in [2.75, 3.05) is 17.7 Å². The number of imidazole rings is 1. The summed E-state index contributed by atoms with van der Waals surface area (Å²) in [5.41, 5.74) is 2.13. The highest BCUT2D eigenvalue weighted by Gasteiger charge is 2.09. The second-order valence-corrected chi connectivity index (χ2v) is 5.75. The van der Waals surface area contributed by atoms with Crippen molar-refractivity contribution in [1.29, 1.82) is 0 Å². The summed E-state index contributed by atoms with van der Waals surface area (Å²) in [4.78, 5) is 16.4. The molecular formula is C18H17ClN4O2. The second kappa shape index (κ2) is 7.27. The van der Waals surface area contributed by atoms with Crippen molar-refractivity contribution in [3.05, 3.63) is 65.7 Å². The molecule has 0 aliphatic rings. The van der Waals surface area contributed by atoms with Gasteiger partial charge in [-0.05, 0) is 49.4 Å². The minimum absolute atomic E-state index is 0.382. The molecule has 0 fully saturated rings. The number of rotatable bonds is 4. The van der Waals surface area contributed by atoms with Crippen molar-refractivity contribution >= 4 is 29.0 Å². The van der Waals surface area contributed by atoms with Crippen molar-refractivity contribution in [2.45, 2.75) is 6.92 Å². The number of benzene rings is 2. The van der Waals surface area contributed by atoms with Gasteiger partial charge in [0.15, 0.2) is 0 Å². The number of urea groups is 1. The molecule has 1 aromatic heterocycles. The van der Waals surface area contributed by atoms with Gasteiger partial charge in [-0.3, -0.25) is 0 Å². The summed E-state index contributed by atoms with van der Waals surface area (Å²) in [5, 5.41) is 6.01. The largest absolute Gasteiger partial charge is 0.495 e. The lowest BCUT2D eigenvalue weighted by Gasteiger charge is -2.12. The third-order valence-corrected chi connectivity index (χ3v) is 3.87. The Kier molecular flexibility index (Phi) is 4.90. The third-order valence-electron chi connectivity index (χ3n) is 3.64. The third kappa shape index (κ3) is 3.92. The second-order valence-electron chi connectivity index (χ2n) is 5.32. The number of carbonyl (C=O) groups is 1. The number of nitrogens with one attached hydrogen (secondary N) is 2. The lowest BCUT2D eigenvalue weighted by atomic mass is 10.2. The highest BCUT2D eigenvalue weighted by molar-refractivity contribution is 6.31. The van der Waals surface area contributed by atoms with Gasteiger partial charge in [-0.25, -0.2) is 9.78 Å².